The molecule has 1 aromatic rings. The number of nitro groups is 1. The van der Waals surface area contributed by atoms with E-state index in [0.717, 1.165) is 5.69 Å². The van der Waals surface area contributed by atoms with Crippen LogP contribution in [0.1, 0.15) is 31.2 Å². The van der Waals surface area contributed by atoms with Gasteiger partial charge in [0.15, 0.2) is 0 Å². The largest absolute Gasteiger partial charge is 0.381 e. The zero-order valence-corrected chi connectivity index (χ0v) is 10.5. The molecule has 2 fully saturated rings. The number of nitrogens with one attached hydrogen (secondary N) is 1. The van der Waals surface area contributed by atoms with Crippen LogP contribution >= 0.6 is 0 Å². The maximum Gasteiger partial charge on any atom is 0.270 e. The van der Waals surface area contributed by atoms with E-state index in [-0.39, 0.29) is 5.69 Å². The van der Waals surface area contributed by atoms with Crippen molar-refractivity contribution < 1.29 is 4.92 Å². The highest BCUT2D eigenvalue weighted by atomic mass is 16.6. The van der Waals surface area contributed by atoms with Crippen LogP contribution in [-0.2, 0) is 0 Å². The van der Waals surface area contributed by atoms with E-state index < -0.39 is 4.92 Å². The van der Waals surface area contributed by atoms with Gasteiger partial charge in [0.25, 0.3) is 5.69 Å². The van der Waals surface area contributed by atoms with Gasteiger partial charge < -0.3 is 5.32 Å². The number of hydrogen-bond donors (Lipinski definition) is 1. The van der Waals surface area contributed by atoms with Crippen molar-refractivity contribution in [2.24, 2.45) is 11.8 Å². The van der Waals surface area contributed by atoms with E-state index in [1.165, 1.54) is 37.8 Å². The Bertz CT molecular complexity index is 544. The van der Waals surface area contributed by atoms with Gasteiger partial charge in [-0.2, -0.15) is 5.26 Å². The summed E-state index contributed by atoms with van der Waals surface area (Å²) in [5.41, 5.74) is 1.06. The van der Waals surface area contributed by atoms with Crippen LogP contribution in [-0.4, -0.2) is 11.0 Å². The Kier molecular flexibility index (Phi) is 2.86. The Morgan fingerprint density at radius 2 is 1.95 bits per heavy atom. The zero-order valence-electron chi connectivity index (χ0n) is 10.5. The number of nitriles is 1. The molecule has 0 aliphatic heterocycles. The normalized spacial score (nSPS) is 18.1. The van der Waals surface area contributed by atoms with E-state index >= 15 is 0 Å². The molecule has 2 aliphatic carbocycles. The standard InChI is InChI=1S/C14H15N3O2/c15-8-11-7-12(17(18)19)5-6-13(11)16-14(9-1-2-9)10-3-4-10/h5-7,9-10,14,16H,1-4H2. The first-order valence-electron chi connectivity index (χ1n) is 6.64. The molecule has 1 aromatic carbocycles. The van der Waals surface area contributed by atoms with Crippen LogP contribution in [0.25, 0.3) is 0 Å². The number of anilines is 1. The van der Waals surface area contributed by atoms with Crippen LogP contribution < -0.4 is 5.32 Å². The molecule has 0 amide bonds. The minimum Gasteiger partial charge on any atom is -0.381 e. The summed E-state index contributed by atoms with van der Waals surface area (Å²) in [6.07, 6.45) is 5.01. The summed E-state index contributed by atoms with van der Waals surface area (Å²) < 4.78 is 0. The lowest BCUT2D eigenvalue weighted by Gasteiger charge is -2.19. The predicted octanol–water partition coefficient (Wildman–Crippen LogP) is 3.07. The zero-order chi connectivity index (χ0) is 13.4. The molecule has 2 aliphatic rings. The number of nitrogens with zero attached hydrogens (tertiary/aromatic N) is 2. The molecule has 0 atom stereocenters. The summed E-state index contributed by atoms with van der Waals surface area (Å²) in [5.74, 6) is 1.43. The highest BCUT2D eigenvalue weighted by molar-refractivity contribution is 5.62. The van der Waals surface area contributed by atoms with Gasteiger partial charge in [-0.25, -0.2) is 0 Å². The second kappa shape index (κ2) is 4.54. The molecule has 0 radical (unpaired) electrons. The second-order valence-corrected chi connectivity index (χ2v) is 5.44. The molecule has 19 heavy (non-hydrogen) atoms. The van der Waals surface area contributed by atoms with Crippen LogP contribution in [0.3, 0.4) is 0 Å². The Labute approximate surface area is 111 Å². The average molecular weight is 257 g/mol. The first kappa shape index (κ1) is 12.0. The quantitative estimate of drug-likeness (QED) is 0.649. The lowest BCUT2D eigenvalue weighted by molar-refractivity contribution is -0.384. The maximum atomic E-state index is 10.7. The van der Waals surface area contributed by atoms with Gasteiger partial charge in [-0.1, -0.05) is 0 Å². The van der Waals surface area contributed by atoms with Crippen LogP contribution in [0.4, 0.5) is 11.4 Å². The van der Waals surface area contributed by atoms with E-state index in [1.807, 2.05) is 6.07 Å². The molecule has 5 nitrogen and oxygen atoms in total. The van der Waals surface area contributed by atoms with Crippen molar-refractivity contribution in [3.63, 3.8) is 0 Å². The lowest BCUT2D eigenvalue weighted by atomic mass is 10.1. The fraction of sp³-hybridized carbons (Fsp3) is 0.500. The van der Waals surface area contributed by atoms with Crippen LogP contribution in [0, 0.1) is 33.3 Å². The van der Waals surface area contributed by atoms with Gasteiger partial charge in [0, 0.05) is 18.2 Å². The minimum atomic E-state index is -0.468. The minimum absolute atomic E-state index is 0.0310. The summed E-state index contributed by atoms with van der Waals surface area (Å²) in [7, 11) is 0. The third kappa shape index (κ3) is 2.53. The van der Waals surface area contributed by atoms with E-state index in [4.69, 9.17) is 5.26 Å². The van der Waals surface area contributed by atoms with E-state index in [9.17, 15) is 10.1 Å². The van der Waals surface area contributed by atoms with Gasteiger partial charge in [-0.3, -0.25) is 10.1 Å². The van der Waals surface area contributed by atoms with Crippen molar-refractivity contribution in [2.75, 3.05) is 5.32 Å². The smallest absolute Gasteiger partial charge is 0.270 e. The Morgan fingerprint density at radius 3 is 2.42 bits per heavy atom. The van der Waals surface area contributed by atoms with Crippen molar-refractivity contribution in [3.8, 4) is 6.07 Å². The summed E-state index contributed by atoms with van der Waals surface area (Å²) in [5, 5.41) is 23.3. The van der Waals surface area contributed by atoms with Crippen LogP contribution in [0.5, 0.6) is 0 Å². The molecule has 98 valence electrons. The van der Waals surface area contributed by atoms with E-state index in [1.54, 1.807) is 6.07 Å². The van der Waals surface area contributed by atoms with Crippen molar-refractivity contribution in [2.45, 2.75) is 31.7 Å². The molecular formula is C14H15N3O2. The van der Waals surface area contributed by atoms with E-state index in [0.29, 0.717) is 23.4 Å². The van der Waals surface area contributed by atoms with E-state index in [2.05, 4.69) is 5.32 Å². The van der Waals surface area contributed by atoms with Crippen molar-refractivity contribution in [1.29, 1.82) is 5.26 Å². The van der Waals surface area contributed by atoms with Crippen LogP contribution in [0.2, 0.25) is 0 Å². The Balaban J connectivity index is 1.83. The maximum absolute atomic E-state index is 10.7. The molecule has 5 heteroatoms. The highest BCUT2D eigenvalue weighted by Crippen LogP contribution is 2.46. The summed E-state index contributed by atoms with van der Waals surface area (Å²) in [4.78, 5) is 10.2. The average Bonchev–Trinajstić information content (AvgIpc) is 3.29. The van der Waals surface area contributed by atoms with Gasteiger partial charge in [-0.15, -0.1) is 0 Å². The third-order valence-electron chi connectivity index (χ3n) is 3.92. The second-order valence-electron chi connectivity index (χ2n) is 5.44. The topological polar surface area (TPSA) is 79.0 Å². The number of benzene rings is 1. The number of rotatable bonds is 5. The molecule has 3 rings (SSSR count). The first-order valence-corrected chi connectivity index (χ1v) is 6.64. The SMILES string of the molecule is N#Cc1cc([N+](=O)[O-])ccc1NC(C1CC1)C1CC1. The molecule has 0 aromatic heterocycles. The van der Waals surface area contributed by atoms with Crippen molar-refractivity contribution >= 4 is 11.4 Å². The fourth-order valence-corrected chi connectivity index (χ4v) is 2.58. The third-order valence-corrected chi connectivity index (χ3v) is 3.92. The molecule has 0 unspecified atom stereocenters. The summed E-state index contributed by atoms with van der Waals surface area (Å²) in [6, 6.07) is 6.95. The van der Waals surface area contributed by atoms with Gasteiger partial charge in [0.2, 0.25) is 0 Å². The van der Waals surface area contributed by atoms with Gasteiger partial charge in [0.1, 0.15) is 6.07 Å². The Morgan fingerprint density at radius 1 is 1.32 bits per heavy atom. The lowest BCUT2D eigenvalue weighted by Crippen LogP contribution is -2.24. The predicted molar refractivity (Wildman–Crippen MR) is 70.7 cm³/mol. The molecule has 0 saturated heterocycles. The van der Waals surface area contributed by atoms with Gasteiger partial charge in [0.05, 0.1) is 16.2 Å². The molecular weight excluding hydrogens is 242 g/mol. The van der Waals surface area contributed by atoms with Crippen LogP contribution in [0.15, 0.2) is 18.2 Å². The summed E-state index contributed by atoms with van der Waals surface area (Å²) in [6.45, 7) is 0. The molecule has 0 heterocycles. The number of nitro benzene ring substituents is 1. The Hall–Kier alpha value is -2.09. The molecule has 2 saturated carbocycles. The first-order chi connectivity index (χ1) is 9.19. The summed E-state index contributed by atoms with van der Waals surface area (Å²) >= 11 is 0. The number of non-ortho nitro benzene ring substituents is 1. The fourth-order valence-electron chi connectivity index (χ4n) is 2.58. The van der Waals surface area contributed by atoms with Gasteiger partial charge >= 0.3 is 0 Å². The number of hydrogen-bond acceptors (Lipinski definition) is 4. The molecule has 1 N–H and O–H groups in total. The van der Waals surface area contributed by atoms with Crippen molar-refractivity contribution in [3.05, 3.63) is 33.9 Å². The molecule has 0 bridgehead atoms. The van der Waals surface area contributed by atoms with Crippen molar-refractivity contribution in [1.82, 2.24) is 0 Å². The molecule has 0 spiro atoms. The monoisotopic (exact) mass is 257 g/mol. The highest BCUT2D eigenvalue weighted by Gasteiger charge is 2.41. The van der Waals surface area contributed by atoms with Gasteiger partial charge in [-0.05, 0) is 43.6 Å².